The van der Waals surface area contributed by atoms with E-state index in [4.69, 9.17) is 4.74 Å². The van der Waals surface area contributed by atoms with Crippen molar-refractivity contribution in [3.63, 3.8) is 0 Å². The van der Waals surface area contributed by atoms with Crippen LogP contribution in [0.5, 0.6) is 0 Å². The summed E-state index contributed by atoms with van der Waals surface area (Å²) in [5.41, 5.74) is 2.06. The first-order valence-electron chi connectivity index (χ1n) is 9.78. The van der Waals surface area contributed by atoms with Gasteiger partial charge in [0.05, 0.1) is 12.3 Å². The summed E-state index contributed by atoms with van der Waals surface area (Å²) < 4.78 is 5.69. The molecule has 1 aromatic rings. The quantitative estimate of drug-likeness (QED) is 0.449. The normalized spacial score (nSPS) is 32.1. The molecular weight excluding hydrogens is 390 g/mol. The van der Waals surface area contributed by atoms with Crippen LogP contribution >= 0.6 is 0 Å². The van der Waals surface area contributed by atoms with Crippen molar-refractivity contribution in [3.05, 3.63) is 58.4 Å². The van der Waals surface area contributed by atoms with Crippen LogP contribution in [-0.4, -0.2) is 69.1 Å². The third-order valence-corrected chi connectivity index (χ3v) is 5.66. The van der Waals surface area contributed by atoms with Crippen LogP contribution in [0.15, 0.2) is 52.9 Å². The number of benzene rings is 1. The molecular formula is C22H27NO7. The van der Waals surface area contributed by atoms with E-state index in [-0.39, 0.29) is 22.8 Å². The van der Waals surface area contributed by atoms with Crippen LogP contribution < -0.4 is 5.32 Å². The highest BCUT2D eigenvalue weighted by molar-refractivity contribution is 6.03. The topological polar surface area (TPSA) is 136 Å². The van der Waals surface area contributed by atoms with Crippen molar-refractivity contribution in [2.24, 2.45) is 0 Å². The smallest absolute Gasteiger partial charge is 0.158 e. The third-order valence-electron chi connectivity index (χ3n) is 5.66. The third kappa shape index (κ3) is 3.84. The molecule has 30 heavy (non-hydrogen) atoms. The van der Waals surface area contributed by atoms with Crippen molar-refractivity contribution < 1.29 is 34.8 Å². The fourth-order valence-electron chi connectivity index (χ4n) is 4.26. The van der Waals surface area contributed by atoms with Gasteiger partial charge < -0.3 is 30.5 Å². The minimum atomic E-state index is -1.59. The number of carbonyl (C=O) groups excluding carboxylic acids is 2. The Morgan fingerprint density at radius 1 is 0.967 bits per heavy atom. The van der Waals surface area contributed by atoms with Crippen LogP contribution in [0.3, 0.4) is 0 Å². The summed E-state index contributed by atoms with van der Waals surface area (Å²) in [7, 11) is 0. The molecule has 8 heteroatoms. The Hall–Kier alpha value is -2.36. The van der Waals surface area contributed by atoms with Crippen LogP contribution in [0.25, 0.3) is 0 Å². The minimum absolute atomic E-state index is 0.204. The Bertz CT molecular complexity index is 890. The summed E-state index contributed by atoms with van der Waals surface area (Å²) in [6, 6.07) is 9.04. The van der Waals surface area contributed by atoms with Gasteiger partial charge in [0.25, 0.3) is 0 Å². The SMILES string of the molecule is CC(=O)C1=C(C)NC([C@@H]2O[C@H](CO)[C@@H](O)[C@H](O)[C@@H]2O)=C(C(C)=O)C1c1ccccc1. The molecule has 0 spiro atoms. The van der Waals surface area contributed by atoms with Crippen molar-refractivity contribution in [2.75, 3.05) is 6.61 Å². The van der Waals surface area contributed by atoms with Crippen LogP contribution in [-0.2, 0) is 14.3 Å². The largest absolute Gasteiger partial charge is 0.394 e. The van der Waals surface area contributed by atoms with Gasteiger partial charge >= 0.3 is 0 Å². The molecule has 6 atom stereocenters. The molecule has 3 rings (SSSR count). The van der Waals surface area contributed by atoms with Gasteiger partial charge in [-0.15, -0.1) is 0 Å². The predicted molar refractivity (Wildman–Crippen MR) is 107 cm³/mol. The van der Waals surface area contributed by atoms with E-state index >= 15 is 0 Å². The van der Waals surface area contributed by atoms with Crippen molar-refractivity contribution in [2.45, 2.75) is 57.2 Å². The van der Waals surface area contributed by atoms with E-state index in [1.54, 1.807) is 31.2 Å². The Morgan fingerprint density at radius 2 is 1.57 bits per heavy atom. The number of ether oxygens (including phenoxy) is 1. The number of aliphatic hydroxyl groups is 4. The van der Waals surface area contributed by atoms with Crippen LogP contribution in [0.4, 0.5) is 0 Å². The van der Waals surface area contributed by atoms with Crippen LogP contribution in [0.2, 0.25) is 0 Å². The molecule has 1 fully saturated rings. The molecule has 1 unspecified atom stereocenters. The monoisotopic (exact) mass is 417 g/mol. The van der Waals surface area contributed by atoms with Crippen molar-refractivity contribution in [3.8, 4) is 0 Å². The molecule has 5 N–H and O–H groups in total. The molecule has 0 radical (unpaired) electrons. The molecule has 0 amide bonds. The van der Waals surface area contributed by atoms with Crippen LogP contribution in [0.1, 0.15) is 32.3 Å². The Balaban J connectivity index is 2.20. The second kappa shape index (κ2) is 8.79. The number of rotatable bonds is 5. The first-order valence-corrected chi connectivity index (χ1v) is 9.78. The molecule has 0 aromatic heterocycles. The fraction of sp³-hybridized carbons (Fsp3) is 0.455. The maximum Gasteiger partial charge on any atom is 0.158 e. The molecule has 162 valence electrons. The molecule has 1 aromatic carbocycles. The lowest BCUT2D eigenvalue weighted by Gasteiger charge is -2.43. The van der Waals surface area contributed by atoms with Crippen molar-refractivity contribution >= 4 is 11.6 Å². The van der Waals surface area contributed by atoms with Gasteiger partial charge in [-0.3, -0.25) is 9.59 Å². The van der Waals surface area contributed by atoms with E-state index < -0.39 is 43.0 Å². The zero-order valence-corrected chi connectivity index (χ0v) is 17.1. The lowest BCUT2D eigenvalue weighted by Crippen LogP contribution is -2.60. The van der Waals surface area contributed by atoms with E-state index in [0.29, 0.717) is 11.3 Å². The van der Waals surface area contributed by atoms with Gasteiger partial charge in [0.2, 0.25) is 0 Å². The average molecular weight is 417 g/mol. The first kappa shape index (κ1) is 22.3. The van der Waals surface area contributed by atoms with E-state index in [1.807, 2.05) is 6.07 Å². The number of hydrogen-bond donors (Lipinski definition) is 5. The molecule has 0 saturated carbocycles. The van der Waals surface area contributed by atoms with Gasteiger partial charge in [-0.2, -0.15) is 0 Å². The number of Topliss-reactive ketones (excluding diaryl/α,β-unsaturated/α-hetero) is 2. The predicted octanol–water partition coefficient (Wildman–Crippen LogP) is -0.0781. The second-order valence-corrected chi connectivity index (χ2v) is 7.70. The van der Waals surface area contributed by atoms with E-state index in [1.165, 1.54) is 13.8 Å². The molecule has 0 aliphatic carbocycles. The number of allylic oxidation sites excluding steroid dienone is 3. The number of hydrogen-bond acceptors (Lipinski definition) is 8. The standard InChI is InChI=1S/C22H27NO7/c1-10-15(11(2)25)17(13-7-5-4-6-8-13)16(12(3)26)18(23-10)22-21(29)20(28)19(27)14(9-24)30-22/h4-8,14,17,19-24,27-29H,9H2,1-3H3/t14-,17?,19-,20+,21+,22+/m1/s1. The highest BCUT2D eigenvalue weighted by Crippen LogP contribution is 2.41. The molecule has 8 nitrogen and oxygen atoms in total. The van der Waals surface area contributed by atoms with Crippen molar-refractivity contribution in [1.29, 1.82) is 0 Å². The molecule has 1 saturated heterocycles. The summed E-state index contributed by atoms with van der Waals surface area (Å²) in [5, 5.41) is 43.5. The fourth-order valence-corrected chi connectivity index (χ4v) is 4.26. The van der Waals surface area contributed by atoms with Crippen LogP contribution in [0, 0.1) is 0 Å². The van der Waals surface area contributed by atoms with Gasteiger partial charge in [0, 0.05) is 22.8 Å². The number of ketones is 2. The van der Waals surface area contributed by atoms with E-state index in [9.17, 15) is 30.0 Å². The summed E-state index contributed by atoms with van der Waals surface area (Å²) in [6.07, 6.45) is -6.99. The van der Waals surface area contributed by atoms with Crippen molar-refractivity contribution in [1.82, 2.24) is 5.32 Å². The lowest BCUT2D eigenvalue weighted by atomic mass is 9.76. The van der Waals surface area contributed by atoms with Gasteiger partial charge in [0.15, 0.2) is 11.6 Å². The van der Waals surface area contributed by atoms with Gasteiger partial charge in [-0.05, 0) is 26.3 Å². The lowest BCUT2D eigenvalue weighted by molar-refractivity contribution is -0.220. The maximum atomic E-state index is 12.8. The Kier molecular flexibility index (Phi) is 6.54. The summed E-state index contributed by atoms with van der Waals surface area (Å²) in [4.78, 5) is 25.3. The maximum absolute atomic E-state index is 12.8. The summed E-state index contributed by atoms with van der Waals surface area (Å²) >= 11 is 0. The van der Waals surface area contributed by atoms with E-state index in [0.717, 1.165) is 5.56 Å². The van der Waals surface area contributed by atoms with Gasteiger partial charge in [0.1, 0.15) is 30.5 Å². The zero-order valence-electron chi connectivity index (χ0n) is 17.1. The molecule has 2 heterocycles. The molecule has 2 aliphatic heterocycles. The minimum Gasteiger partial charge on any atom is -0.394 e. The zero-order chi connectivity index (χ0) is 22.2. The van der Waals surface area contributed by atoms with Gasteiger partial charge in [-0.25, -0.2) is 0 Å². The first-order chi connectivity index (χ1) is 14.2. The second-order valence-electron chi connectivity index (χ2n) is 7.70. The molecule has 2 aliphatic rings. The number of dihydropyridines is 1. The Morgan fingerprint density at radius 3 is 2.10 bits per heavy atom. The number of nitrogens with one attached hydrogen (secondary N) is 1. The highest BCUT2D eigenvalue weighted by atomic mass is 16.5. The highest BCUT2D eigenvalue weighted by Gasteiger charge is 2.47. The van der Waals surface area contributed by atoms with Gasteiger partial charge in [-0.1, -0.05) is 30.3 Å². The van der Waals surface area contributed by atoms with E-state index in [2.05, 4.69) is 5.32 Å². The summed E-state index contributed by atoms with van der Waals surface area (Å²) in [5.74, 6) is -1.24. The number of aliphatic hydroxyl groups excluding tert-OH is 4. The Labute approximate surface area is 174 Å². The number of carbonyl (C=O) groups is 2. The summed E-state index contributed by atoms with van der Waals surface area (Å²) in [6.45, 7) is 3.88. The molecule has 0 bridgehead atoms. The average Bonchev–Trinajstić information content (AvgIpc) is 2.71.